The highest BCUT2D eigenvalue weighted by molar-refractivity contribution is 7.17. The lowest BCUT2D eigenvalue weighted by Gasteiger charge is -2.25. The second kappa shape index (κ2) is 6.80. The van der Waals surface area contributed by atoms with Crippen LogP contribution in [-0.4, -0.2) is 43.1 Å². The largest absolute Gasteiger partial charge is 0.472 e. The van der Waals surface area contributed by atoms with Crippen LogP contribution in [0.3, 0.4) is 0 Å². The summed E-state index contributed by atoms with van der Waals surface area (Å²) in [5.74, 6) is -0.834. The fourth-order valence-corrected chi connectivity index (χ4v) is 3.13. The third-order valence-corrected chi connectivity index (χ3v) is 4.56. The molecule has 0 aliphatic carbocycles. The number of nitrogens with one attached hydrogen (secondary N) is 2. The van der Waals surface area contributed by atoms with Crippen LogP contribution in [0.25, 0.3) is 0 Å². The second-order valence-electron chi connectivity index (χ2n) is 4.93. The Labute approximate surface area is 136 Å². The standard InChI is InChI=1S/C14H16N4O4S/c1-9-11(23-14(15-9)18-3-6-21-7-4-18)13(20)17-16-12(19)10-2-5-22-8-10/h2,5,8H,3-4,6-7H2,1H3,(H,16,19)(H,17,20). The zero-order chi connectivity index (χ0) is 16.2. The van der Waals surface area contributed by atoms with Gasteiger partial charge < -0.3 is 14.1 Å². The number of hydrogen-bond donors (Lipinski definition) is 2. The van der Waals surface area contributed by atoms with Gasteiger partial charge in [0.15, 0.2) is 5.13 Å². The minimum atomic E-state index is -0.442. The SMILES string of the molecule is Cc1nc(N2CCOCC2)sc1C(=O)NNC(=O)c1ccoc1. The lowest BCUT2D eigenvalue weighted by molar-refractivity contribution is 0.0848. The zero-order valence-corrected chi connectivity index (χ0v) is 13.3. The van der Waals surface area contributed by atoms with E-state index in [1.54, 1.807) is 6.92 Å². The molecule has 0 aromatic carbocycles. The van der Waals surface area contributed by atoms with Gasteiger partial charge in [-0.25, -0.2) is 4.98 Å². The van der Waals surface area contributed by atoms with E-state index in [9.17, 15) is 9.59 Å². The van der Waals surface area contributed by atoms with E-state index in [1.807, 2.05) is 0 Å². The minimum absolute atomic E-state index is 0.334. The summed E-state index contributed by atoms with van der Waals surface area (Å²) in [7, 11) is 0. The van der Waals surface area contributed by atoms with Gasteiger partial charge in [-0.1, -0.05) is 11.3 Å². The summed E-state index contributed by atoms with van der Waals surface area (Å²) in [6, 6.07) is 1.51. The van der Waals surface area contributed by atoms with Crippen LogP contribution >= 0.6 is 11.3 Å². The van der Waals surface area contributed by atoms with Crippen LogP contribution in [-0.2, 0) is 4.74 Å². The van der Waals surface area contributed by atoms with Gasteiger partial charge in [0.1, 0.15) is 11.1 Å². The number of carbonyl (C=O) groups is 2. The van der Waals surface area contributed by atoms with Crippen LogP contribution in [0.1, 0.15) is 25.7 Å². The molecule has 2 aromatic heterocycles. The number of hydrogen-bond acceptors (Lipinski definition) is 7. The molecule has 8 nitrogen and oxygen atoms in total. The molecule has 9 heteroatoms. The van der Waals surface area contributed by atoms with Crippen molar-refractivity contribution in [2.24, 2.45) is 0 Å². The summed E-state index contributed by atoms with van der Waals surface area (Å²) in [5, 5.41) is 0.789. The molecular weight excluding hydrogens is 320 g/mol. The molecule has 0 radical (unpaired) electrons. The number of rotatable bonds is 3. The normalized spacial score (nSPS) is 14.6. The molecule has 0 spiro atoms. The highest BCUT2D eigenvalue weighted by Crippen LogP contribution is 2.26. The Balaban J connectivity index is 1.63. The van der Waals surface area contributed by atoms with Crippen molar-refractivity contribution in [3.8, 4) is 0 Å². The molecule has 1 fully saturated rings. The molecular formula is C14H16N4O4S. The molecule has 3 rings (SSSR count). The Kier molecular flexibility index (Phi) is 4.58. The Hall–Kier alpha value is -2.39. The second-order valence-corrected chi connectivity index (χ2v) is 5.91. The summed E-state index contributed by atoms with van der Waals surface area (Å²) in [6.07, 6.45) is 2.69. The molecule has 23 heavy (non-hydrogen) atoms. The molecule has 122 valence electrons. The van der Waals surface area contributed by atoms with Gasteiger partial charge in [0.25, 0.3) is 11.8 Å². The van der Waals surface area contributed by atoms with E-state index in [2.05, 4.69) is 20.7 Å². The van der Waals surface area contributed by atoms with Crippen LogP contribution in [0.4, 0.5) is 5.13 Å². The minimum Gasteiger partial charge on any atom is -0.472 e. The van der Waals surface area contributed by atoms with Crippen molar-refractivity contribution in [3.05, 3.63) is 34.7 Å². The van der Waals surface area contributed by atoms with Gasteiger partial charge in [-0.05, 0) is 13.0 Å². The van der Waals surface area contributed by atoms with Crippen molar-refractivity contribution in [3.63, 3.8) is 0 Å². The lowest BCUT2D eigenvalue weighted by atomic mass is 10.3. The van der Waals surface area contributed by atoms with E-state index in [4.69, 9.17) is 9.15 Å². The van der Waals surface area contributed by atoms with Gasteiger partial charge in [-0.2, -0.15) is 0 Å². The summed E-state index contributed by atoms with van der Waals surface area (Å²) >= 11 is 1.30. The Morgan fingerprint density at radius 1 is 1.26 bits per heavy atom. The third-order valence-electron chi connectivity index (χ3n) is 3.35. The van der Waals surface area contributed by atoms with E-state index >= 15 is 0 Å². The topological polar surface area (TPSA) is 96.7 Å². The van der Waals surface area contributed by atoms with E-state index in [0.29, 0.717) is 29.3 Å². The number of nitrogens with zero attached hydrogens (tertiary/aromatic N) is 2. The fraction of sp³-hybridized carbons (Fsp3) is 0.357. The van der Waals surface area contributed by atoms with E-state index in [1.165, 1.54) is 29.9 Å². The Bertz CT molecular complexity index is 692. The monoisotopic (exact) mass is 336 g/mol. The smallest absolute Gasteiger partial charge is 0.281 e. The summed E-state index contributed by atoms with van der Waals surface area (Å²) in [6.45, 7) is 4.59. The summed E-state index contributed by atoms with van der Waals surface area (Å²) < 4.78 is 10.1. The highest BCUT2D eigenvalue weighted by Gasteiger charge is 2.21. The highest BCUT2D eigenvalue weighted by atomic mass is 32.1. The number of thiazole rings is 1. The van der Waals surface area contributed by atoms with Crippen molar-refractivity contribution >= 4 is 28.3 Å². The predicted octanol–water partition coefficient (Wildman–Crippen LogP) is 0.956. The first kappa shape index (κ1) is 15.5. The first-order chi connectivity index (χ1) is 11.1. The van der Waals surface area contributed by atoms with Crippen LogP contribution in [0.2, 0.25) is 0 Å². The van der Waals surface area contributed by atoms with Crippen molar-refractivity contribution in [1.82, 2.24) is 15.8 Å². The Morgan fingerprint density at radius 3 is 2.70 bits per heavy atom. The van der Waals surface area contributed by atoms with Crippen LogP contribution in [0.15, 0.2) is 23.0 Å². The molecule has 2 aromatic rings. The van der Waals surface area contributed by atoms with Gasteiger partial charge in [0.2, 0.25) is 0 Å². The van der Waals surface area contributed by atoms with E-state index in [-0.39, 0.29) is 0 Å². The number of anilines is 1. The molecule has 0 saturated carbocycles. The number of morpholine rings is 1. The number of hydrazine groups is 1. The number of carbonyl (C=O) groups excluding carboxylic acids is 2. The molecule has 1 aliphatic rings. The van der Waals surface area contributed by atoms with Gasteiger partial charge in [-0.15, -0.1) is 0 Å². The maximum Gasteiger partial charge on any atom is 0.281 e. The van der Waals surface area contributed by atoms with Crippen LogP contribution in [0, 0.1) is 6.92 Å². The predicted molar refractivity (Wildman–Crippen MR) is 83.5 cm³/mol. The Morgan fingerprint density at radius 2 is 2.00 bits per heavy atom. The number of aryl methyl sites for hydroxylation is 1. The van der Waals surface area contributed by atoms with Crippen molar-refractivity contribution < 1.29 is 18.7 Å². The quantitative estimate of drug-likeness (QED) is 0.810. The van der Waals surface area contributed by atoms with Gasteiger partial charge in [0, 0.05) is 13.1 Å². The molecule has 0 atom stereocenters. The van der Waals surface area contributed by atoms with Crippen molar-refractivity contribution in [2.75, 3.05) is 31.2 Å². The van der Waals surface area contributed by atoms with Crippen LogP contribution in [0.5, 0.6) is 0 Å². The average molecular weight is 336 g/mol. The van der Waals surface area contributed by atoms with E-state index in [0.717, 1.165) is 18.2 Å². The molecule has 0 unspecified atom stereocenters. The average Bonchev–Trinajstić information content (AvgIpc) is 3.23. The maximum atomic E-state index is 12.2. The number of ether oxygens (including phenoxy) is 1. The third kappa shape index (κ3) is 3.51. The fourth-order valence-electron chi connectivity index (χ4n) is 2.12. The van der Waals surface area contributed by atoms with Crippen molar-refractivity contribution in [1.29, 1.82) is 0 Å². The number of aromatic nitrogens is 1. The summed E-state index contributed by atoms with van der Waals surface area (Å²) in [5.41, 5.74) is 5.70. The molecule has 2 N–H and O–H groups in total. The van der Waals surface area contributed by atoms with E-state index < -0.39 is 11.8 Å². The molecule has 3 heterocycles. The van der Waals surface area contributed by atoms with Gasteiger partial charge in [0.05, 0.1) is 30.7 Å². The summed E-state index contributed by atoms with van der Waals surface area (Å²) in [4.78, 5) is 31.0. The lowest BCUT2D eigenvalue weighted by Crippen LogP contribution is -2.41. The first-order valence-electron chi connectivity index (χ1n) is 7.08. The molecule has 1 aliphatic heterocycles. The van der Waals surface area contributed by atoms with Crippen molar-refractivity contribution in [2.45, 2.75) is 6.92 Å². The first-order valence-corrected chi connectivity index (χ1v) is 7.90. The van der Waals surface area contributed by atoms with Gasteiger partial charge in [-0.3, -0.25) is 20.4 Å². The number of amides is 2. The molecule has 0 bridgehead atoms. The molecule has 1 saturated heterocycles. The van der Waals surface area contributed by atoms with Gasteiger partial charge >= 0.3 is 0 Å². The molecule has 2 amide bonds. The maximum absolute atomic E-state index is 12.2. The van der Waals surface area contributed by atoms with Crippen LogP contribution < -0.4 is 15.8 Å². The zero-order valence-electron chi connectivity index (χ0n) is 12.5. The number of furan rings is 1.